The van der Waals surface area contributed by atoms with Crippen molar-refractivity contribution in [2.75, 3.05) is 13.1 Å². The summed E-state index contributed by atoms with van der Waals surface area (Å²) in [4.78, 5) is 14.3. The Labute approximate surface area is 148 Å². The Morgan fingerprint density at radius 3 is 2.40 bits per heavy atom. The van der Waals surface area contributed by atoms with Crippen molar-refractivity contribution < 1.29 is 15.0 Å². The molecule has 1 saturated heterocycles. The smallest absolute Gasteiger partial charge is 0.226 e. The number of amides is 1. The second-order valence-corrected chi connectivity index (χ2v) is 6.82. The molecule has 2 N–H and O–H groups in total. The lowest BCUT2D eigenvalue weighted by Gasteiger charge is -2.34. The quantitative estimate of drug-likeness (QED) is 0.880. The third-order valence-corrected chi connectivity index (χ3v) is 4.99. The monoisotopic (exact) mass is 339 g/mol. The van der Waals surface area contributed by atoms with Crippen molar-refractivity contribution in [3.63, 3.8) is 0 Å². The molecular weight excluding hydrogens is 314 g/mol. The average Bonchev–Trinajstić information content (AvgIpc) is 2.62. The summed E-state index contributed by atoms with van der Waals surface area (Å²) in [6.07, 6.45) is 2.29. The van der Waals surface area contributed by atoms with Crippen LogP contribution in [-0.2, 0) is 17.6 Å². The van der Waals surface area contributed by atoms with Crippen LogP contribution in [0.1, 0.15) is 24.0 Å². The topological polar surface area (TPSA) is 60.8 Å². The molecule has 0 aromatic heterocycles. The molecule has 1 atom stereocenters. The fraction of sp³-hybridized carbons (Fsp3) is 0.381. The molecule has 4 nitrogen and oxygen atoms in total. The van der Waals surface area contributed by atoms with Gasteiger partial charge < -0.3 is 15.1 Å². The molecule has 0 aliphatic carbocycles. The first-order valence-corrected chi connectivity index (χ1v) is 8.89. The molecule has 1 aliphatic rings. The van der Waals surface area contributed by atoms with Gasteiger partial charge in [-0.1, -0.05) is 42.5 Å². The van der Waals surface area contributed by atoms with Crippen LogP contribution < -0.4 is 0 Å². The van der Waals surface area contributed by atoms with Crippen molar-refractivity contribution >= 4 is 5.91 Å². The Morgan fingerprint density at radius 2 is 1.72 bits per heavy atom. The second-order valence-electron chi connectivity index (χ2n) is 6.82. The van der Waals surface area contributed by atoms with Crippen LogP contribution in [0.15, 0.2) is 54.6 Å². The average molecular weight is 339 g/mol. The van der Waals surface area contributed by atoms with Crippen LogP contribution >= 0.6 is 0 Å². The first-order valence-electron chi connectivity index (χ1n) is 8.89. The van der Waals surface area contributed by atoms with Crippen molar-refractivity contribution in [3.8, 4) is 5.75 Å². The van der Waals surface area contributed by atoms with E-state index in [0.717, 1.165) is 24.0 Å². The molecule has 4 heteroatoms. The number of rotatable bonds is 5. The molecule has 0 spiro atoms. The van der Waals surface area contributed by atoms with E-state index in [1.807, 2.05) is 41.3 Å². The number of hydrogen-bond acceptors (Lipinski definition) is 3. The van der Waals surface area contributed by atoms with Crippen molar-refractivity contribution in [2.24, 2.45) is 5.92 Å². The SMILES string of the molecule is O=C(Cc1cccc(O)c1)N1CCC(C(O)Cc2ccccc2)CC1. The van der Waals surface area contributed by atoms with E-state index in [-0.39, 0.29) is 23.7 Å². The minimum absolute atomic E-state index is 0.0848. The normalized spacial score (nSPS) is 16.6. The number of piperidine rings is 1. The predicted molar refractivity (Wildman–Crippen MR) is 97.3 cm³/mol. The zero-order chi connectivity index (χ0) is 17.6. The Morgan fingerprint density at radius 1 is 1.04 bits per heavy atom. The zero-order valence-electron chi connectivity index (χ0n) is 14.3. The molecule has 1 unspecified atom stereocenters. The molecule has 0 bridgehead atoms. The maximum Gasteiger partial charge on any atom is 0.226 e. The molecule has 132 valence electrons. The number of aromatic hydroxyl groups is 1. The highest BCUT2D eigenvalue weighted by molar-refractivity contribution is 5.79. The fourth-order valence-corrected chi connectivity index (χ4v) is 3.51. The number of aliphatic hydroxyl groups excluding tert-OH is 1. The van der Waals surface area contributed by atoms with Gasteiger partial charge in [0.1, 0.15) is 5.75 Å². The van der Waals surface area contributed by atoms with Gasteiger partial charge in [0.25, 0.3) is 0 Å². The highest BCUT2D eigenvalue weighted by Gasteiger charge is 2.27. The predicted octanol–water partition coefficient (Wildman–Crippen LogP) is 2.78. The molecule has 1 amide bonds. The molecule has 25 heavy (non-hydrogen) atoms. The summed E-state index contributed by atoms with van der Waals surface area (Å²) < 4.78 is 0. The number of phenols is 1. The summed E-state index contributed by atoms with van der Waals surface area (Å²) in [5.41, 5.74) is 1.98. The van der Waals surface area contributed by atoms with Gasteiger partial charge >= 0.3 is 0 Å². The Kier molecular flexibility index (Phi) is 5.71. The zero-order valence-corrected chi connectivity index (χ0v) is 14.3. The van der Waals surface area contributed by atoms with Gasteiger partial charge in [0.2, 0.25) is 5.91 Å². The van der Waals surface area contributed by atoms with Gasteiger partial charge in [-0.05, 0) is 48.4 Å². The number of likely N-dealkylation sites (tertiary alicyclic amines) is 1. The number of carbonyl (C=O) groups excluding carboxylic acids is 1. The Hall–Kier alpha value is -2.33. The first kappa shape index (κ1) is 17.5. The summed E-state index contributed by atoms with van der Waals surface area (Å²) in [5, 5.41) is 20.0. The van der Waals surface area contributed by atoms with E-state index in [1.165, 1.54) is 0 Å². The van der Waals surface area contributed by atoms with E-state index >= 15 is 0 Å². The molecule has 1 heterocycles. The minimum atomic E-state index is -0.356. The van der Waals surface area contributed by atoms with Gasteiger partial charge in [0, 0.05) is 13.1 Å². The summed E-state index contributed by atoms with van der Waals surface area (Å²) in [7, 11) is 0. The van der Waals surface area contributed by atoms with E-state index in [9.17, 15) is 15.0 Å². The van der Waals surface area contributed by atoms with Crippen LogP contribution in [0.2, 0.25) is 0 Å². The number of aliphatic hydroxyl groups is 1. The van der Waals surface area contributed by atoms with Gasteiger partial charge in [-0.25, -0.2) is 0 Å². The summed E-state index contributed by atoms with van der Waals surface area (Å²) in [5.74, 6) is 0.514. The third-order valence-electron chi connectivity index (χ3n) is 4.99. The van der Waals surface area contributed by atoms with Gasteiger partial charge in [-0.2, -0.15) is 0 Å². The van der Waals surface area contributed by atoms with Crippen molar-refractivity contribution in [2.45, 2.75) is 31.8 Å². The first-order chi connectivity index (χ1) is 12.1. The molecule has 3 rings (SSSR count). The van der Waals surface area contributed by atoms with E-state index in [0.29, 0.717) is 25.9 Å². The highest BCUT2D eigenvalue weighted by atomic mass is 16.3. The molecular formula is C21H25NO3. The van der Waals surface area contributed by atoms with Gasteiger partial charge in [-0.15, -0.1) is 0 Å². The van der Waals surface area contributed by atoms with E-state index in [4.69, 9.17) is 0 Å². The number of hydrogen-bond donors (Lipinski definition) is 2. The van der Waals surface area contributed by atoms with Crippen LogP contribution in [0.3, 0.4) is 0 Å². The minimum Gasteiger partial charge on any atom is -0.508 e. The fourth-order valence-electron chi connectivity index (χ4n) is 3.51. The number of carbonyl (C=O) groups is 1. The van der Waals surface area contributed by atoms with E-state index in [2.05, 4.69) is 0 Å². The van der Waals surface area contributed by atoms with Crippen molar-refractivity contribution in [1.82, 2.24) is 4.90 Å². The Bertz CT molecular complexity index is 693. The summed E-state index contributed by atoms with van der Waals surface area (Å²) in [6.45, 7) is 1.38. The highest BCUT2D eigenvalue weighted by Crippen LogP contribution is 2.24. The van der Waals surface area contributed by atoms with E-state index in [1.54, 1.807) is 18.2 Å². The number of phenolic OH excluding ortho intramolecular Hbond substituents is 1. The maximum absolute atomic E-state index is 12.4. The van der Waals surface area contributed by atoms with Gasteiger partial charge in [-0.3, -0.25) is 4.79 Å². The van der Waals surface area contributed by atoms with Gasteiger partial charge in [0.05, 0.1) is 12.5 Å². The molecule has 1 aliphatic heterocycles. The lowest BCUT2D eigenvalue weighted by Crippen LogP contribution is -2.42. The largest absolute Gasteiger partial charge is 0.508 e. The number of nitrogens with zero attached hydrogens (tertiary/aromatic N) is 1. The van der Waals surface area contributed by atoms with Crippen LogP contribution in [0.25, 0.3) is 0 Å². The van der Waals surface area contributed by atoms with Crippen LogP contribution in [-0.4, -0.2) is 40.2 Å². The lowest BCUT2D eigenvalue weighted by molar-refractivity contribution is -0.132. The lowest BCUT2D eigenvalue weighted by atomic mass is 9.88. The molecule has 1 fully saturated rings. The third kappa shape index (κ3) is 4.83. The van der Waals surface area contributed by atoms with Crippen LogP contribution in [0.4, 0.5) is 0 Å². The molecule has 2 aromatic carbocycles. The standard InChI is InChI=1S/C21H25NO3/c23-19-8-4-7-17(13-19)15-21(25)22-11-9-18(10-12-22)20(24)14-16-5-2-1-3-6-16/h1-8,13,18,20,23-24H,9-12,14-15H2. The molecule has 2 aromatic rings. The van der Waals surface area contributed by atoms with E-state index < -0.39 is 0 Å². The Balaban J connectivity index is 1.48. The molecule has 0 saturated carbocycles. The van der Waals surface area contributed by atoms with Crippen molar-refractivity contribution in [1.29, 1.82) is 0 Å². The summed E-state index contributed by atoms with van der Waals surface area (Å²) >= 11 is 0. The van der Waals surface area contributed by atoms with Crippen LogP contribution in [0, 0.1) is 5.92 Å². The molecule has 0 radical (unpaired) electrons. The number of benzene rings is 2. The summed E-state index contributed by atoms with van der Waals surface area (Å²) in [6, 6.07) is 16.9. The maximum atomic E-state index is 12.4. The van der Waals surface area contributed by atoms with Crippen LogP contribution in [0.5, 0.6) is 5.75 Å². The second kappa shape index (κ2) is 8.17. The van der Waals surface area contributed by atoms with Gasteiger partial charge in [0.15, 0.2) is 0 Å². The van der Waals surface area contributed by atoms with Crippen molar-refractivity contribution in [3.05, 3.63) is 65.7 Å².